The minimum atomic E-state index is 0.634. The van der Waals surface area contributed by atoms with Crippen LogP contribution in [0.1, 0.15) is 90.4 Å². The highest BCUT2D eigenvalue weighted by molar-refractivity contribution is 4.64. The molecular formula is C24H58N6O. The Morgan fingerprint density at radius 1 is 0.548 bits per heavy atom. The lowest BCUT2D eigenvalue weighted by Crippen LogP contribution is -2.17. The lowest BCUT2D eigenvalue weighted by molar-refractivity contribution is 0.403. The second-order valence-electron chi connectivity index (χ2n) is 8.26. The SMILES string of the molecule is CCC1CO1.NCCCCCNCCCCCN.NCCCCCNCCCCCN. The van der Waals surface area contributed by atoms with Crippen molar-refractivity contribution in [2.75, 3.05) is 59.0 Å². The van der Waals surface area contributed by atoms with Crippen molar-refractivity contribution in [3.05, 3.63) is 0 Å². The summed E-state index contributed by atoms with van der Waals surface area (Å²) in [5.74, 6) is 0. The van der Waals surface area contributed by atoms with Crippen LogP contribution in [0.25, 0.3) is 0 Å². The Balaban J connectivity index is 0. The van der Waals surface area contributed by atoms with Crippen molar-refractivity contribution < 1.29 is 4.74 Å². The average molecular weight is 447 g/mol. The zero-order chi connectivity index (χ0) is 23.3. The normalized spacial score (nSPS) is 14.4. The van der Waals surface area contributed by atoms with Gasteiger partial charge in [-0.2, -0.15) is 0 Å². The highest BCUT2D eigenvalue weighted by Gasteiger charge is 2.18. The monoisotopic (exact) mass is 446 g/mol. The van der Waals surface area contributed by atoms with Gasteiger partial charge >= 0.3 is 0 Å². The first-order valence-corrected chi connectivity index (χ1v) is 13.1. The van der Waals surface area contributed by atoms with Crippen molar-refractivity contribution in [3.8, 4) is 0 Å². The van der Waals surface area contributed by atoms with E-state index in [0.717, 1.165) is 84.6 Å². The standard InChI is InChI=1S/2C10H25N3.C4H8O/c2*11-7-3-1-5-9-13-10-6-2-4-8-12;1-2-4-3-5-4/h2*13H,1-12H2;4H,2-3H2,1H3. The largest absolute Gasteiger partial charge is 0.373 e. The summed E-state index contributed by atoms with van der Waals surface area (Å²) in [6.45, 7) is 11.0. The topological polar surface area (TPSA) is 141 Å². The van der Waals surface area contributed by atoms with Crippen LogP contribution in [-0.2, 0) is 4.74 Å². The van der Waals surface area contributed by atoms with E-state index in [0.29, 0.717) is 6.10 Å². The number of epoxide rings is 1. The maximum Gasteiger partial charge on any atom is 0.0807 e. The second-order valence-corrected chi connectivity index (χ2v) is 8.26. The van der Waals surface area contributed by atoms with Crippen LogP contribution in [0.2, 0.25) is 0 Å². The molecule has 31 heavy (non-hydrogen) atoms. The maximum atomic E-state index is 5.39. The number of hydrogen-bond acceptors (Lipinski definition) is 7. The lowest BCUT2D eigenvalue weighted by atomic mass is 10.2. The molecule has 0 aromatic rings. The molecule has 0 spiro atoms. The van der Waals surface area contributed by atoms with E-state index in [-0.39, 0.29) is 0 Å². The Morgan fingerprint density at radius 2 is 0.839 bits per heavy atom. The molecule has 1 unspecified atom stereocenters. The summed E-state index contributed by atoms with van der Waals surface area (Å²) < 4.78 is 4.86. The molecule has 0 aromatic carbocycles. The Morgan fingerprint density at radius 3 is 1.00 bits per heavy atom. The molecule has 0 aliphatic carbocycles. The fourth-order valence-electron chi connectivity index (χ4n) is 2.84. The van der Waals surface area contributed by atoms with Crippen molar-refractivity contribution in [2.45, 2.75) is 96.5 Å². The van der Waals surface area contributed by atoms with E-state index in [1.807, 2.05) is 0 Å². The first kappa shape index (κ1) is 32.9. The van der Waals surface area contributed by atoms with Gasteiger partial charge in [0.05, 0.1) is 12.7 Å². The van der Waals surface area contributed by atoms with Gasteiger partial charge in [-0.15, -0.1) is 0 Å². The molecule has 1 saturated heterocycles. The number of rotatable bonds is 21. The summed E-state index contributed by atoms with van der Waals surface area (Å²) in [7, 11) is 0. The van der Waals surface area contributed by atoms with Crippen molar-refractivity contribution in [2.24, 2.45) is 22.9 Å². The van der Waals surface area contributed by atoms with Crippen LogP contribution < -0.4 is 33.6 Å². The molecule has 1 fully saturated rings. The van der Waals surface area contributed by atoms with E-state index in [1.54, 1.807) is 0 Å². The molecule has 0 bridgehead atoms. The van der Waals surface area contributed by atoms with Gasteiger partial charge < -0.3 is 38.3 Å². The van der Waals surface area contributed by atoms with Gasteiger partial charge in [-0.1, -0.05) is 32.6 Å². The molecule has 7 heteroatoms. The summed E-state index contributed by atoms with van der Waals surface area (Å²) in [5.41, 5.74) is 21.6. The Labute approximate surface area is 194 Å². The summed E-state index contributed by atoms with van der Waals surface area (Å²) in [6.07, 6.45) is 16.5. The minimum absolute atomic E-state index is 0.634. The van der Waals surface area contributed by atoms with Crippen molar-refractivity contribution >= 4 is 0 Å². The molecule has 1 aliphatic rings. The highest BCUT2D eigenvalue weighted by Crippen LogP contribution is 2.10. The van der Waals surface area contributed by atoms with Crippen molar-refractivity contribution in [3.63, 3.8) is 0 Å². The Hall–Kier alpha value is -0.280. The van der Waals surface area contributed by atoms with Crippen LogP contribution >= 0.6 is 0 Å². The van der Waals surface area contributed by atoms with E-state index < -0.39 is 0 Å². The fraction of sp³-hybridized carbons (Fsp3) is 1.00. The molecule has 7 nitrogen and oxygen atoms in total. The quantitative estimate of drug-likeness (QED) is 0.117. The summed E-state index contributed by atoms with van der Waals surface area (Å²) in [4.78, 5) is 0. The molecule has 0 saturated carbocycles. The molecule has 0 amide bonds. The van der Waals surface area contributed by atoms with Gasteiger partial charge in [-0.05, 0) is 110 Å². The predicted molar refractivity (Wildman–Crippen MR) is 137 cm³/mol. The van der Waals surface area contributed by atoms with Crippen LogP contribution in [0.4, 0.5) is 0 Å². The first-order valence-electron chi connectivity index (χ1n) is 13.1. The number of nitrogens with one attached hydrogen (secondary N) is 2. The number of nitrogens with two attached hydrogens (primary N) is 4. The average Bonchev–Trinajstić information content (AvgIpc) is 3.63. The van der Waals surface area contributed by atoms with Crippen LogP contribution in [0.5, 0.6) is 0 Å². The van der Waals surface area contributed by atoms with E-state index in [1.165, 1.54) is 57.8 Å². The van der Waals surface area contributed by atoms with Gasteiger partial charge in [0.1, 0.15) is 0 Å². The van der Waals surface area contributed by atoms with Gasteiger partial charge in [-0.25, -0.2) is 0 Å². The summed E-state index contributed by atoms with van der Waals surface area (Å²) >= 11 is 0. The van der Waals surface area contributed by atoms with Crippen molar-refractivity contribution in [1.82, 2.24) is 10.6 Å². The first-order chi connectivity index (χ1) is 15.3. The van der Waals surface area contributed by atoms with Crippen molar-refractivity contribution in [1.29, 1.82) is 0 Å². The number of hydrogen-bond donors (Lipinski definition) is 6. The summed E-state index contributed by atoms with van der Waals surface area (Å²) in [5, 5.41) is 6.84. The third-order valence-corrected chi connectivity index (χ3v) is 5.09. The molecule has 190 valence electrons. The molecule has 0 aromatic heterocycles. The predicted octanol–water partition coefficient (Wildman–Crippen LogP) is 2.46. The van der Waals surface area contributed by atoms with E-state index >= 15 is 0 Å². The van der Waals surface area contributed by atoms with Crippen LogP contribution in [0, 0.1) is 0 Å². The lowest BCUT2D eigenvalue weighted by Gasteiger charge is -2.03. The third-order valence-electron chi connectivity index (χ3n) is 5.09. The summed E-state index contributed by atoms with van der Waals surface area (Å²) in [6, 6.07) is 0. The van der Waals surface area contributed by atoms with E-state index in [2.05, 4.69) is 17.6 Å². The van der Waals surface area contributed by atoms with Gasteiger partial charge in [0.25, 0.3) is 0 Å². The smallest absolute Gasteiger partial charge is 0.0807 e. The van der Waals surface area contributed by atoms with E-state index in [9.17, 15) is 0 Å². The van der Waals surface area contributed by atoms with E-state index in [4.69, 9.17) is 27.7 Å². The minimum Gasteiger partial charge on any atom is -0.373 e. The molecule has 1 aliphatic heterocycles. The zero-order valence-electron chi connectivity index (χ0n) is 20.9. The fourth-order valence-corrected chi connectivity index (χ4v) is 2.84. The van der Waals surface area contributed by atoms with Gasteiger partial charge in [0, 0.05) is 0 Å². The number of ether oxygens (including phenoxy) is 1. The zero-order valence-corrected chi connectivity index (χ0v) is 20.9. The Kier molecular flexibility index (Phi) is 33.9. The van der Waals surface area contributed by atoms with Crippen LogP contribution in [-0.4, -0.2) is 65.1 Å². The molecule has 1 atom stereocenters. The molecular weight excluding hydrogens is 388 g/mol. The molecule has 1 rings (SSSR count). The van der Waals surface area contributed by atoms with Crippen LogP contribution in [0.15, 0.2) is 0 Å². The molecule has 1 heterocycles. The Bertz CT molecular complexity index is 251. The molecule has 10 N–H and O–H groups in total. The highest BCUT2D eigenvalue weighted by atomic mass is 16.6. The maximum absolute atomic E-state index is 5.39. The van der Waals surface area contributed by atoms with Gasteiger partial charge in [-0.3, -0.25) is 0 Å². The third kappa shape index (κ3) is 37.4. The molecule has 0 radical (unpaired) electrons. The number of unbranched alkanes of at least 4 members (excludes halogenated alkanes) is 8. The van der Waals surface area contributed by atoms with Crippen LogP contribution in [0.3, 0.4) is 0 Å². The second kappa shape index (κ2) is 31.9. The van der Waals surface area contributed by atoms with Gasteiger partial charge in [0.2, 0.25) is 0 Å². The van der Waals surface area contributed by atoms with Gasteiger partial charge in [0.15, 0.2) is 0 Å².